The Labute approximate surface area is 127 Å². The smallest absolute Gasteiger partial charge is 0.227 e. The van der Waals surface area contributed by atoms with Crippen LogP contribution in [0.5, 0.6) is 0 Å². The number of aryl methyl sites for hydroxylation is 1. The van der Waals surface area contributed by atoms with E-state index in [0.29, 0.717) is 29.7 Å². The summed E-state index contributed by atoms with van der Waals surface area (Å²) in [7, 11) is 0. The molecule has 0 spiro atoms. The van der Waals surface area contributed by atoms with E-state index in [0.717, 1.165) is 25.1 Å². The molecular weight excluding hydrogens is 300 g/mol. The van der Waals surface area contributed by atoms with Crippen LogP contribution in [-0.4, -0.2) is 22.7 Å². The number of halogens is 3. The van der Waals surface area contributed by atoms with Gasteiger partial charge in [-0.15, -0.1) is 12.4 Å². The lowest BCUT2D eigenvalue weighted by Crippen LogP contribution is -2.21. The molecule has 21 heavy (non-hydrogen) atoms. The highest BCUT2D eigenvalue weighted by atomic mass is 35.5. The first-order valence-corrected chi connectivity index (χ1v) is 6.74. The van der Waals surface area contributed by atoms with Crippen molar-refractivity contribution in [3.05, 3.63) is 35.7 Å². The van der Waals surface area contributed by atoms with Gasteiger partial charge >= 0.3 is 0 Å². The molecule has 1 atom stereocenters. The molecule has 3 rings (SSSR count). The summed E-state index contributed by atoms with van der Waals surface area (Å²) in [5.74, 6) is -0.981. The Balaban J connectivity index is 0.00000161. The van der Waals surface area contributed by atoms with Crippen LogP contribution in [0.15, 0.2) is 22.7 Å². The zero-order valence-electron chi connectivity index (χ0n) is 11.3. The SMILES string of the molecule is Cl.Fc1ccc(-c2noc(CCC3CCCN3)n2)cc1F. The minimum Gasteiger partial charge on any atom is -0.339 e. The highest BCUT2D eigenvalue weighted by molar-refractivity contribution is 5.85. The van der Waals surface area contributed by atoms with Crippen molar-refractivity contribution in [2.45, 2.75) is 31.7 Å². The highest BCUT2D eigenvalue weighted by Gasteiger charge is 2.16. The van der Waals surface area contributed by atoms with E-state index in [9.17, 15) is 8.78 Å². The van der Waals surface area contributed by atoms with Gasteiger partial charge in [0.2, 0.25) is 11.7 Å². The van der Waals surface area contributed by atoms with Crippen LogP contribution < -0.4 is 5.32 Å². The van der Waals surface area contributed by atoms with Crippen molar-refractivity contribution >= 4 is 12.4 Å². The molecule has 0 aliphatic carbocycles. The number of rotatable bonds is 4. The number of nitrogens with one attached hydrogen (secondary N) is 1. The van der Waals surface area contributed by atoms with Crippen LogP contribution in [-0.2, 0) is 6.42 Å². The van der Waals surface area contributed by atoms with Gasteiger partial charge in [-0.25, -0.2) is 8.78 Å². The van der Waals surface area contributed by atoms with Crippen molar-refractivity contribution < 1.29 is 13.3 Å². The van der Waals surface area contributed by atoms with Gasteiger partial charge in [-0.05, 0) is 44.0 Å². The zero-order chi connectivity index (χ0) is 13.9. The lowest BCUT2D eigenvalue weighted by atomic mass is 10.1. The monoisotopic (exact) mass is 315 g/mol. The molecule has 7 heteroatoms. The Morgan fingerprint density at radius 1 is 1.29 bits per heavy atom. The maximum Gasteiger partial charge on any atom is 0.227 e. The van der Waals surface area contributed by atoms with E-state index in [4.69, 9.17) is 4.52 Å². The molecule has 1 fully saturated rings. The van der Waals surface area contributed by atoms with Crippen LogP contribution in [0.25, 0.3) is 11.4 Å². The van der Waals surface area contributed by atoms with Gasteiger partial charge in [0.25, 0.3) is 0 Å². The maximum atomic E-state index is 13.2. The molecule has 2 heterocycles. The minimum atomic E-state index is -0.913. The molecule has 1 saturated heterocycles. The molecule has 1 aliphatic rings. The Bertz CT molecular complexity index is 600. The summed E-state index contributed by atoms with van der Waals surface area (Å²) in [6.45, 7) is 1.06. The minimum absolute atomic E-state index is 0. The molecule has 0 saturated carbocycles. The van der Waals surface area contributed by atoms with E-state index in [1.165, 1.54) is 18.9 Å². The fourth-order valence-electron chi connectivity index (χ4n) is 2.41. The van der Waals surface area contributed by atoms with Crippen molar-refractivity contribution in [1.82, 2.24) is 15.5 Å². The molecule has 1 unspecified atom stereocenters. The summed E-state index contributed by atoms with van der Waals surface area (Å²) >= 11 is 0. The van der Waals surface area contributed by atoms with Crippen molar-refractivity contribution in [3.63, 3.8) is 0 Å². The largest absolute Gasteiger partial charge is 0.339 e. The lowest BCUT2D eigenvalue weighted by molar-refractivity contribution is 0.368. The Kier molecular flexibility index (Phi) is 5.25. The molecule has 0 bridgehead atoms. The molecular formula is C14H16ClF2N3O. The second-order valence-electron chi connectivity index (χ2n) is 4.97. The molecule has 1 aliphatic heterocycles. The van der Waals surface area contributed by atoms with Gasteiger partial charge in [0.15, 0.2) is 11.6 Å². The summed E-state index contributed by atoms with van der Waals surface area (Å²) in [6.07, 6.45) is 4.01. The fraction of sp³-hybridized carbons (Fsp3) is 0.429. The predicted octanol–water partition coefficient (Wildman–Crippen LogP) is 3.12. The standard InChI is InChI=1S/C14H15F2N3O.ClH/c15-11-5-3-9(8-12(11)16)14-18-13(20-19-14)6-4-10-2-1-7-17-10;/h3,5,8,10,17H,1-2,4,6-7H2;1H. The number of benzene rings is 1. The van der Waals surface area contributed by atoms with Crippen molar-refractivity contribution in [2.24, 2.45) is 0 Å². The van der Waals surface area contributed by atoms with Gasteiger partial charge in [0, 0.05) is 18.0 Å². The second-order valence-corrected chi connectivity index (χ2v) is 4.97. The van der Waals surface area contributed by atoms with Gasteiger partial charge in [0.05, 0.1) is 0 Å². The Morgan fingerprint density at radius 2 is 2.14 bits per heavy atom. The van der Waals surface area contributed by atoms with Crippen LogP contribution in [0.3, 0.4) is 0 Å². The van der Waals surface area contributed by atoms with Crippen LogP contribution in [0.2, 0.25) is 0 Å². The van der Waals surface area contributed by atoms with E-state index in [2.05, 4.69) is 15.5 Å². The summed E-state index contributed by atoms with van der Waals surface area (Å²) in [4.78, 5) is 4.22. The van der Waals surface area contributed by atoms with Gasteiger partial charge < -0.3 is 9.84 Å². The van der Waals surface area contributed by atoms with Crippen molar-refractivity contribution in [2.75, 3.05) is 6.54 Å². The average Bonchev–Trinajstić information content (AvgIpc) is 3.10. The van der Waals surface area contributed by atoms with Gasteiger partial charge in [0.1, 0.15) is 0 Å². The van der Waals surface area contributed by atoms with Gasteiger partial charge in [-0.2, -0.15) is 4.98 Å². The molecule has 1 aromatic carbocycles. The van der Waals surface area contributed by atoms with Gasteiger partial charge in [-0.1, -0.05) is 5.16 Å². The van der Waals surface area contributed by atoms with Crippen molar-refractivity contribution in [3.8, 4) is 11.4 Å². The summed E-state index contributed by atoms with van der Waals surface area (Å²) in [6, 6.07) is 4.07. The normalized spacial score (nSPS) is 17.7. The first kappa shape index (κ1) is 15.9. The lowest BCUT2D eigenvalue weighted by Gasteiger charge is -2.06. The number of aromatic nitrogens is 2. The third-order valence-corrected chi connectivity index (χ3v) is 3.51. The topological polar surface area (TPSA) is 51.0 Å². The summed E-state index contributed by atoms with van der Waals surface area (Å²) in [5.41, 5.74) is 0.415. The number of hydrogen-bond donors (Lipinski definition) is 1. The molecule has 1 aromatic heterocycles. The molecule has 1 N–H and O–H groups in total. The highest BCUT2D eigenvalue weighted by Crippen LogP contribution is 2.19. The summed E-state index contributed by atoms with van der Waals surface area (Å²) in [5, 5.41) is 7.20. The van der Waals surface area contributed by atoms with Crippen LogP contribution in [0, 0.1) is 11.6 Å². The molecule has 2 aromatic rings. The molecule has 0 amide bonds. The van der Waals surface area contributed by atoms with E-state index in [1.807, 2.05) is 0 Å². The maximum absolute atomic E-state index is 13.2. The zero-order valence-corrected chi connectivity index (χ0v) is 12.1. The predicted molar refractivity (Wildman–Crippen MR) is 76.2 cm³/mol. The Morgan fingerprint density at radius 3 is 2.86 bits per heavy atom. The van der Waals surface area contributed by atoms with Crippen LogP contribution in [0.1, 0.15) is 25.2 Å². The number of nitrogens with zero attached hydrogens (tertiary/aromatic N) is 2. The van der Waals surface area contributed by atoms with E-state index in [-0.39, 0.29) is 12.4 Å². The molecule has 0 radical (unpaired) electrons. The van der Waals surface area contributed by atoms with Crippen molar-refractivity contribution in [1.29, 1.82) is 0 Å². The quantitative estimate of drug-likeness (QED) is 0.942. The van der Waals surface area contributed by atoms with Crippen LogP contribution in [0.4, 0.5) is 8.78 Å². The molecule has 114 valence electrons. The van der Waals surface area contributed by atoms with Crippen LogP contribution >= 0.6 is 12.4 Å². The third-order valence-electron chi connectivity index (χ3n) is 3.51. The second kappa shape index (κ2) is 6.95. The average molecular weight is 316 g/mol. The van der Waals surface area contributed by atoms with E-state index >= 15 is 0 Å². The number of hydrogen-bond acceptors (Lipinski definition) is 4. The first-order chi connectivity index (χ1) is 9.72. The summed E-state index contributed by atoms with van der Waals surface area (Å²) < 4.78 is 31.2. The Hall–Kier alpha value is -1.53. The first-order valence-electron chi connectivity index (χ1n) is 6.74. The van der Waals surface area contributed by atoms with E-state index in [1.54, 1.807) is 0 Å². The third kappa shape index (κ3) is 3.77. The molecule has 4 nitrogen and oxygen atoms in total. The van der Waals surface area contributed by atoms with Gasteiger partial charge in [-0.3, -0.25) is 0 Å². The van der Waals surface area contributed by atoms with E-state index < -0.39 is 11.6 Å². The fourth-order valence-corrected chi connectivity index (χ4v) is 2.41.